The van der Waals surface area contributed by atoms with Gasteiger partial charge in [0.25, 0.3) is 5.91 Å². The van der Waals surface area contributed by atoms with Crippen molar-refractivity contribution < 1.29 is 4.79 Å². The largest absolute Gasteiger partial charge is 0.382 e. The summed E-state index contributed by atoms with van der Waals surface area (Å²) in [6, 6.07) is 0. The molecule has 0 bridgehead atoms. The monoisotopic (exact) mass is 254 g/mol. The lowest BCUT2D eigenvalue weighted by atomic mass is 9.99. The first kappa shape index (κ1) is 12.2. The molecule has 1 fully saturated rings. The molecule has 3 N–H and O–H groups in total. The molecule has 1 aliphatic rings. The van der Waals surface area contributed by atoms with Gasteiger partial charge < -0.3 is 16.0 Å². The van der Waals surface area contributed by atoms with Gasteiger partial charge >= 0.3 is 0 Å². The van der Waals surface area contributed by atoms with Gasteiger partial charge in [0.1, 0.15) is 10.6 Å². The molecule has 0 radical (unpaired) electrons. The number of carbonyl (C=O) groups excluding carboxylic acids is 1. The van der Waals surface area contributed by atoms with Crippen molar-refractivity contribution >= 4 is 28.3 Å². The zero-order valence-corrected chi connectivity index (χ0v) is 11.0. The fraction of sp³-hybridized carbons (Fsp3) is 0.636. The van der Waals surface area contributed by atoms with Crippen LogP contribution in [0, 0.1) is 5.92 Å². The number of anilines is 2. The Morgan fingerprint density at radius 2 is 2.18 bits per heavy atom. The van der Waals surface area contributed by atoms with E-state index in [1.807, 2.05) is 0 Å². The normalized spacial score (nSPS) is 17.2. The van der Waals surface area contributed by atoms with Crippen molar-refractivity contribution in [3.05, 3.63) is 5.56 Å². The number of hydrogen-bond donors (Lipinski definition) is 2. The summed E-state index contributed by atoms with van der Waals surface area (Å²) < 4.78 is 4.10. The van der Waals surface area contributed by atoms with Gasteiger partial charge in [-0.25, -0.2) is 0 Å². The zero-order chi connectivity index (χ0) is 12.4. The fourth-order valence-electron chi connectivity index (χ4n) is 2.06. The lowest BCUT2D eigenvalue weighted by Gasteiger charge is -2.31. The Hall–Kier alpha value is -1.30. The number of nitrogen functional groups attached to an aromatic ring is 1. The molecule has 2 heterocycles. The van der Waals surface area contributed by atoms with Crippen molar-refractivity contribution in [2.45, 2.75) is 19.8 Å². The van der Waals surface area contributed by atoms with Crippen LogP contribution in [0.1, 0.15) is 30.1 Å². The van der Waals surface area contributed by atoms with Crippen molar-refractivity contribution in [3.63, 3.8) is 0 Å². The van der Waals surface area contributed by atoms with Gasteiger partial charge in [0.2, 0.25) is 0 Å². The maximum Gasteiger partial charge on any atom is 0.257 e. The number of nitrogens with one attached hydrogen (secondary N) is 1. The first-order valence-corrected chi connectivity index (χ1v) is 6.63. The highest BCUT2D eigenvalue weighted by Gasteiger charge is 2.25. The topological polar surface area (TPSA) is 71.2 Å². The van der Waals surface area contributed by atoms with Crippen LogP contribution in [0.5, 0.6) is 0 Å². The Labute approximate surface area is 105 Å². The molecule has 0 atom stereocenters. The quantitative estimate of drug-likeness (QED) is 0.835. The van der Waals surface area contributed by atoms with E-state index in [2.05, 4.69) is 21.5 Å². The fourth-order valence-corrected chi connectivity index (χ4v) is 2.92. The van der Waals surface area contributed by atoms with Crippen LogP contribution in [0.4, 0.5) is 10.8 Å². The summed E-state index contributed by atoms with van der Waals surface area (Å²) in [5.41, 5.74) is 6.30. The van der Waals surface area contributed by atoms with E-state index in [0.29, 0.717) is 11.4 Å². The van der Waals surface area contributed by atoms with E-state index in [0.717, 1.165) is 36.9 Å². The molecule has 0 saturated carbocycles. The van der Waals surface area contributed by atoms with E-state index in [1.54, 1.807) is 7.05 Å². The summed E-state index contributed by atoms with van der Waals surface area (Å²) in [5, 5.41) is 3.53. The first-order valence-electron chi connectivity index (χ1n) is 5.85. The van der Waals surface area contributed by atoms with Gasteiger partial charge in [0.05, 0.1) is 0 Å². The summed E-state index contributed by atoms with van der Waals surface area (Å²) >= 11 is 1.32. The molecule has 0 aliphatic carbocycles. The Kier molecular flexibility index (Phi) is 3.51. The Morgan fingerprint density at radius 3 is 2.76 bits per heavy atom. The third-order valence-corrected chi connectivity index (χ3v) is 4.15. The molecule has 0 unspecified atom stereocenters. The van der Waals surface area contributed by atoms with Crippen LogP contribution in [-0.2, 0) is 0 Å². The lowest BCUT2D eigenvalue weighted by Crippen LogP contribution is -2.34. The van der Waals surface area contributed by atoms with E-state index in [9.17, 15) is 4.79 Å². The van der Waals surface area contributed by atoms with Crippen LogP contribution in [-0.4, -0.2) is 30.4 Å². The van der Waals surface area contributed by atoms with Crippen LogP contribution in [0.2, 0.25) is 0 Å². The van der Waals surface area contributed by atoms with E-state index in [1.165, 1.54) is 11.5 Å². The van der Waals surface area contributed by atoms with Gasteiger partial charge in [-0.2, -0.15) is 4.37 Å². The third-order valence-electron chi connectivity index (χ3n) is 3.23. The van der Waals surface area contributed by atoms with Crippen molar-refractivity contribution in [2.24, 2.45) is 5.92 Å². The van der Waals surface area contributed by atoms with Crippen LogP contribution in [0.15, 0.2) is 0 Å². The van der Waals surface area contributed by atoms with Crippen LogP contribution in [0.3, 0.4) is 0 Å². The number of rotatable bonds is 2. The second-order valence-corrected chi connectivity index (χ2v) is 5.25. The van der Waals surface area contributed by atoms with Gasteiger partial charge in [-0.1, -0.05) is 6.92 Å². The van der Waals surface area contributed by atoms with E-state index < -0.39 is 0 Å². The molecule has 1 aromatic heterocycles. The number of nitrogens with two attached hydrogens (primary N) is 1. The molecule has 17 heavy (non-hydrogen) atoms. The number of amides is 1. The lowest BCUT2D eigenvalue weighted by molar-refractivity contribution is 0.0964. The highest BCUT2D eigenvalue weighted by atomic mass is 32.1. The summed E-state index contributed by atoms with van der Waals surface area (Å²) in [7, 11) is 1.61. The zero-order valence-electron chi connectivity index (χ0n) is 10.2. The van der Waals surface area contributed by atoms with E-state index >= 15 is 0 Å². The smallest absolute Gasteiger partial charge is 0.257 e. The van der Waals surface area contributed by atoms with Gasteiger partial charge in [-0.05, 0) is 30.3 Å². The number of piperidine rings is 1. The maximum absolute atomic E-state index is 11.8. The van der Waals surface area contributed by atoms with Crippen LogP contribution in [0.25, 0.3) is 0 Å². The van der Waals surface area contributed by atoms with Crippen molar-refractivity contribution in [1.82, 2.24) is 9.69 Å². The molecule has 0 spiro atoms. The average molecular weight is 254 g/mol. The van der Waals surface area contributed by atoms with Crippen molar-refractivity contribution in [1.29, 1.82) is 0 Å². The first-order chi connectivity index (χ1) is 8.13. The molecule has 1 saturated heterocycles. The summed E-state index contributed by atoms with van der Waals surface area (Å²) in [6.07, 6.45) is 2.32. The molecule has 5 nitrogen and oxygen atoms in total. The second-order valence-electron chi connectivity index (χ2n) is 4.50. The third kappa shape index (κ3) is 2.36. The molecule has 6 heteroatoms. The highest BCUT2D eigenvalue weighted by molar-refractivity contribution is 7.11. The van der Waals surface area contributed by atoms with E-state index in [4.69, 9.17) is 5.73 Å². The Balaban J connectivity index is 2.23. The molecule has 1 aliphatic heterocycles. The minimum Gasteiger partial charge on any atom is -0.382 e. The van der Waals surface area contributed by atoms with Crippen molar-refractivity contribution in [3.8, 4) is 0 Å². The van der Waals surface area contributed by atoms with E-state index in [-0.39, 0.29) is 5.91 Å². The number of aromatic nitrogens is 1. The Bertz CT molecular complexity index is 410. The molecular weight excluding hydrogens is 236 g/mol. The van der Waals surface area contributed by atoms with Crippen LogP contribution < -0.4 is 16.0 Å². The Morgan fingerprint density at radius 1 is 1.53 bits per heavy atom. The summed E-state index contributed by atoms with van der Waals surface area (Å²) in [5.74, 6) is 0.952. The molecule has 1 amide bonds. The predicted octanol–water partition coefficient (Wildman–Crippen LogP) is 1.32. The van der Waals surface area contributed by atoms with Gasteiger partial charge in [0.15, 0.2) is 5.82 Å². The minimum atomic E-state index is -0.148. The molecule has 2 rings (SSSR count). The number of hydrogen-bond acceptors (Lipinski definition) is 5. The second kappa shape index (κ2) is 4.91. The predicted molar refractivity (Wildman–Crippen MR) is 70.5 cm³/mol. The highest BCUT2D eigenvalue weighted by Crippen LogP contribution is 2.33. The summed E-state index contributed by atoms with van der Waals surface area (Å²) in [4.78, 5) is 14.0. The van der Waals surface area contributed by atoms with Gasteiger partial charge in [-0.3, -0.25) is 4.79 Å². The maximum atomic E-state index is 11.8. The SMILES string of the molecule is CNC(=O)c1c(N)nsc1N1CCC(C)CC1. The number of carbonyl (C=O) groups is 1. The molecule has 1 aromatic rings. The van der Waals surface area contributed by atoms with Gasteiger partial charge in [0, 0.05) is 20.1 Å². The number of nitrogens with zero attached hydrogens (tertiary/aromatic N) is 2. The van der Waals surface area contributed by atoms with Crippen molar-refractivity contribution in [2.75, 3.05) is 30.8 Å². The average Bonchev–Trinajstić information content (AvgIpc) is 2.71. The van der Waals surface area contributed by atoms with Gasteiger partial charge in [-0.15, -0.1) is 0 Å². The molecule has 94 valence electrons. The minimum absolute atomic E-state index is 0.148. The molecule has 0 aromatic carbocycles. The standard InChI is InChI=1S/C11H18N4OS/c1-7-3-5-15(6-4-7)11-8(10(16)13-2)9(12)14-17-11/h7H,3-6H2,1-2H3,(H2,12,14)(H,13,16). The molecular formula is C11H18N4OS. The summed E-state index contributed by atoms with van der Waals surface area (Å²) in [6.45, 7) is 4.22. The van der Waals surface area contributed by atoms with Crippen LogP contribution >= 0.6 is 11.5 Å².